The van der Waals surface area contributed by atoms with Gasteiger partial charge in [-0.3, -0.25) is 14.5 Å². The molecule has 0 aliphatic carbocycles. The summed E-state index contributed by atoms with van der Waals surface area (Å²) in [4.78, 5) is 32.5. The molecule has 18 heavy (non-hydrogen) atoms. The van der Waals surface area contributed by atoms with Crippen LogP contribution in [-0.4, -0.2) is 32.8 Å². The maximum Gasteiger partial charge on any atom is 0.229 e. The molecule has 1 fully saturated rings. The van der Waals surface area contributed by atoms with Crippen LogP contribution in [0.5, 0.6) is 0 Å². The van der Waals surface area contributed by atoms with Gasteiger partial charge < -0.3 is 5.73 Å². The minimum atomic E-state index is -0.0860. The van der Waals surface area contributed by atoms with Crippen molar-refractivity contribution in [3.8, 4) is 0 Å². The van der Waals surface area contributed by atoms with Gasteiger partial charge in [0.2, 0.25) is 5.91 Å². The summed E-state index contributed by atoms with van der Waals surface area (Å²) in [6.45, 7) is 1.93. The van der Waals surface area contributed by atoms with E-state index in [2.05, 4.69) is 25.9 Å². The van der Waals surface area contributed by atoms with Crippen LogP contribution >= 0.6 is 27.7 Å². The van der Waals surface area contributed by atoms with Gasteiger partial charge in [0, 0.05) is 25.1 Å². The summed E-state index contributed by atoms with van der Waals surface area (Å²) in [6, 6.07) is 0. The lowest BCUT2D eigenvalue weighted by Gasteiger charge is -2.16. The molecule has 2 N–H and O–H groups in total. The molecular formula is C10H11BrN4O2S. The molecule has 0 aromatic carbocycles. The van der Waals surface area contributed by atoms with Crippen molar-refractivity contribution in [3.63, 3.8) is 0 Å². The number of anilines is 2. The van der Waals surface area contributed by atoms with Crippen molar-refractivity contribution < 1.29 is 9.59 Å². The maximum atomic E-state index is 11.9. The number of nitrogens with zero attached hydrogens (tertiary/aromatic N) is 3. The van der Waals surface area contributed by atoms with Gasteiger partial charge in [-0.25, -0.2) is 9.97 Å². The SMILES string of the molecule is CC(=O)SC1CC(=O)N(c2ncc(Br)nc2N)C1. The molecule has 0 saturated carbocycles. The lowest BCUT2D eigenvalue weighted by atomic mass is 10.4. The molecule has 1 aliphatic rings. The molecule has 1 saturated heterocycles. The molecule has 1 aromatic heterocycles. The Kier molecular flexibility index (Phi) is 3.86. The Morgan fingerprint density at radius 3 is 3.00 bits per heavy atom. The molecule has 1 unspecified atom stereocenters. The quantitative estimate of drug-likeness (QED) is 0.876. The van der Waals surface area contributed by atoms with Crippen molar-refractivity contribution in [3.05, 3.63) is 10.8 Å². The van der Waals surface area contributed by atoms with Gasteiger partial charge in [-0.2, -0.15) is 0 Å². The highest BCUT2D eigenvalue weighted by Gasteiger charge is 2.33. The summed E-state index contributed by atoms with van der Waals surface area (Å²) < 4.78 is 0.519. The highest BCUT2D eigenvalue weighted by Crippen LogP contribution is 2.30. The summed E-state index contributed by atoms with van der Waals surface area (Å²) >= 11 is 4.33. The van der Waals surface area contributed by atoms with Crippen LogP contribution in [0.1, 0.15) is 13.3 Å². The Morgan fingerprint density at radius 2 is 2.39 bits per heavy atom. The van der Waals surface area contributed by atoms with Crippen LogP contribution in [0, 0.1) is 0 Å². The highest BCUT2D eigenvalue weighted by molar-refractivity contribution is 9.10. The summed E-state index contributed by atoms with van der Waals surface area (Å²) in [6.07, 6.45) is 1.81. The van der Waals surface area contributed by atoms with E-state index in [4.69, 9.17) is 5.73 Å². The Balaban J connectivity index is 2.19. The Labute approximate surface area is 116 Å². The molecule has 6 nitrogen and oxygen atoms in total. The van der Waals surface area contributed by atoms with E-state index in [1.807, 2.05) is 0 Å². The predicted octanol–water partition coefficient (Wildman–Crippen LogP) is 1.21. The molecule has 0 spiro atoms. The zero-order chi connectivity index (χ0) is 13.3. The van der Waals surface area contributed by atoms with Gasteiger partial charge in [-0.05, 0) is 15.9 Å². The molecule has 2 rings (SSSR count). The molecule has 0 bridgehead atoms. The van der Waals surface area contributed by atoms with Crippen LogP contribution in [-0.2, 0) is 9.59 Å². The zero-order valence-electron chi connectivity index (χ0n) is 9.59. The maximum absolute atomic E-state index is 11.9. The minimum absolute atomic E-state index is 0.00418. The summed E-state index contributed by atoms with van der Waals surface area (Å²) in [7, 11) is 0. The second kappa shape index (κ2) is 5.23. The number of carbonyl (C=O) groups excluding carboxylic acids is 2. The van der Waals surface area contributed by atoms with E-state index in [9.17, 15) is 9.59 Å². The van der Waals surface area contributed by atoms with Crippen LogP contribution in [0.2, 0.25) is 0 Å². The fourth-order valence-corrected chi connectivity index (χ4v) is 2.99. The van der Waals surface area contributed by atoms with Crippen molar-refractivity contribution in [2.24, 2.45) is 0 Å². The molecule has 1 atom stereocenters. The monoisotopic (exact) mass is 330 g/mol. The normalized spacial score (nSPS) is 19.3. The smallest absolute Gasteiger partial charge is 0.229 e. The molecule has 2 heterocycles. The van der Waals surface area contributed by atoms with Gasteiger partial charge in [-0.15, -0.1) is 0 Å². The molecule has 1 aromatic rings. The standard InChI is InChI=1S/C10H11BrN4O2S/c1-5(16)18-6-2-8(17)15(4-6)10-9(12)14-7(11)3-13-10/h3,6H,2,4H2,1H3,(H2,12,14). The summed E-state index contributed by atoms with van der Waals surface area (Å²) in [5.41, 5.74) is 5.74. The Bertz CT molecular complexity index is 511. The first-order chi connectivity index (χ1) is 8.47. The molecule has 8 heteroatoms. The second-order valence-electron chi connectivity index (χ2n) is 3.84. The van der Waals surface area contributed by atoms with E-state index in [1.165, 1.54) is 29.8 Å². The van der Waals surface area contributed by atoms with E-state index in [0.717, 1.165) is 0 Å². The number of thioether (sulfide) groups is 1. The predicted molar refractivity (Wildman–Crippen MR) is 73.2 cm³/mol. The third-order valence-corrected chi connectivity index (χ3v) is 3.79. The first-order valence-electron chi connectivity index (χ1n) is 5.23. The van der Waals surface area contributed by atoms with Crippen LogP contribution in [0.25, 0.3) is 0 Å². The topological polar surface area (TPSA) is 89.2 Å². The molecule has 1 aliphatic heterocycles. The van der Waals surface area contributed by atoms with Crippen molar-refractivity contribution in [2.75, 3.05) is 17.2 Å². The van der Waals surface area contributed by atoms with Crippen molar-refractivity contribution in [1.29, 1.82) is 0 Å². The van der Waals surface area contributed by atoms with Gasteiger partial charge in [0.1, 0.15) is 4.60 Å². The average molecular weight is 331 g/mol. The molecule has 0 radical (unpaired) electrons. The second-order valence-corrected chi connectivity index (χ2v) is 6.13. The number of hydrogen-bond donors (Lipinski definition) is 1. The number of rotatable bonds is 2. The Hall–Kier alpha value is -1.15. The number of halogens is 1. The number of aromatic nitrogens is 2. The zero-order valence-corrected chi connectivity index (χ0v) is 12.0. The van der Waals surface area contributed by atoms with Gasteiger partial charge >= 0.3 is 0 Å². The van der Waals surface area contributed by atoms with Gasteiger partial charge in [0.25, 0.3) is 0 Å². The average Bonchev–Trinajstić information content (AvgIpc) is 2.58. The van der Waals surface area contributed by atoms with Gasteiger partial charge in [-0.1, -0.05) is 11.8 Å². The van der Waals surface area contributed by atoms with Gasteiger partial charge in [0.05, 0.1) is 6.20 Å². The van der Waals surface area contributed by atoms with Crippen molar-refractivity contribution >= 4 is 50.4 Å². The number of nitrogens with two attached hydrogens (primary N) is 1. The minimum Gasteiger partial charge on any atom is -0.381 e. The lowest BCUT2D eigenvalue weighted by Crippen LogP contribution is -2.27. The van der Waals surface area contributed by atoms with E-state index in [0.29, 0.717) is 23.4 Å². The molecule has 96 valence electrons. The fourth-order valence-electron chi connectivity index (χ4n) is 1.78. The van der Waals surface area contributed by atoms with E-state index in [1.54, 1.807) is 0 Å². The summed E-state index contributed by atoms with van der Waals surface area (Å²) in [5.74, 6) is 0.470. The van der Waals surface area contributed by atoms with Crippen molar-refractivity contribution in [2.45, 2.75) is 18.6 Å². The highest BCUT2D eigenvalue weighted by atomic mass is 79.9. The molecular weight excluding hydrogens is 320 g/mol. The molecule has 1 amide bonds. The van der Waals surface area contributed by atoms with E-state index < -0.39 is 0 Å². The van der Waals surface area contributed by atoms with Gasteiger partial charge in [0.15, 0.2) is 16.8 Å². The van der Waals surface area contributed by atoms with Crippen LogP contribution in [0.4, 0.5) is 11.6 Å². The fraction of sp³-hybridized carbons (Fsp3) is 0.400. The third kappa shape index (κ3) is 2.81. The van der Waals surface area contributed by atoms with Crippen LogP contribution in [0.3, 0.4) is 0 Å². The number of hydrogen-bond acceptors (Lipinski definition) is 6. The number of carbonyl (C=O) groups is 2. The van der Waals surface area contributed by atoms with Crippen LogP contribution in [0.15, 0.2) is 10.8 Å². The summed E-state index contributed by atoms with van der Waals surface area (Å²) in [5, 5.41) is -0.0376. The first-order valence-corrected chi connectivity index (χ1v) is 6.90. The van der Waals surface area contributed by atoms with Crippen molar-refractivity contribution in [1.82, 2.24) is 9.97 Å². The largest absolute Gasteiger partial charge is 0.381 e. The number of amides is 1. The lowest BCUT2D eigenvalue weighted by molar-refractivity contribution is -0.117. The third-order valence-electron chi connectivity index (χ3n) is 2.43. The number of nitrogen functional groups attached to an aromatic ring is 1. The van der Waals surface area contributed by atoms with Crippen LogP contribution < -0.4 is 10.6 Å². The first kappa shape index (κ1) is 13.3. The van der Waals surface area contributed by atoms with E-state index in [-0.39, 0.29) is 22.1 Å². The Morgan fingerprint density at radius 1 is 1.67 bits per heavy atom. The van der Waals surface area contributed by atoms with E-state index >= 15 is 0 Å².